The highest BCUT2D eigenvalue weighted by Crippen LogP contribution is 2.87. The van der Waals surface area contributed by atoms with Gasteiger partial charge in [0.2, 0.25) is 0 Å². The van der Waals surface area contributed by atoms with Crippen molar-refractivity contribution in [2.75, 3.05) is 0 Å². The van der Waals surface area contributed by atoms with Crippen molar-refractivity contribution in [1.29, 1.82) is 0 Å². The maximum Gasteiger partial charge on any atom is 0.0594 e. The van der Waals surface area contributed by atoms with Crippen molar-refractivity contribution in [3.63, 3.8) is 0 Å². The predicted molar refractivity (Wildman–Crippen MR) is 126 cm³/mol. The Balaban J connectivity index is 1.36. The Hall–Kier alpha value is -0.300. The van der Waals surface area contributed by atoms with Crippen LogP contribution in [0.1, 0.15) is 112 Å². The molecule has 0 amide bonds. The van der Waals surface area contributed by atoms with E-state index in [9.17, 15) is 5.11 Å². The molecule has 5 saturated carbocycles. The van der Waals surface area contributed by atoms with Crippen LogP contribution in [0.2, 0.25) is 0 Å². The largest absolute Gasteiger partial charge is 0.393 e. The third-order valence-corrected chi connectivity index (χ3v) is 12.2. The van der Waals surface area contributed by atoms with Gasteiger partial charge >= 0.3 is 0 Å². The molecule has 0 saturated heterocycles. The van der Waals surface area contributed by atoms with Gasteiger partial charge < -0.3 is 5.11 Å². The zero-order chi connectivity index (χ0) is 21.5. The van der Waals surface area contributed by atoms with E-state index < -0.39 is 0 Å². The molecular formula is C29H48O. The molecule has 0 aromatic rings. The van der Waals surface area contributed by atoms with Crippen LogP contribution in [0.25, 0.3) is 0 Å². The van der Waals surface area contributed by atoms with Gasteiger partial charge in [-0.1, -0.05) is 39.3 Å². The van der Waals surface area contributed by atoms with E-state index >= 15 is 0 Å². The normalized spacial score (nSPS) is 51.8. The summed E-state index contributed by atoms with van der Waals surface area (Å²) >= 11 is 0. The van der Waals surface area contributed by atoms with Gasteiger partial charge in [0.15, 0.2) is 0 Å². The second-order valence-corrected chi connectivity index (χ2v) is 13.7. The molecular weight excluding hydrogens is 364 g/mol. The fourth-order valence-electron chi connectivity index (χ4n) is 10.7. The van der Waals surface area contributed by atoms with Gasteiger partial charge in [-0.15, -0.1) is 0 Å². The van der Waals surface area contributed by atoms with E-state index in [1.54, 1.807) is 0 Å². The highest BCUT2D eigenvalue weighted by Gasteiger charge is 2.80. The number of allylic oxidation sites excluding steroid dienone is 2. The Morgan fingerprint density at radius 2 is 1.67 bits per heavy atom. The van der Waals surface area contributed by atoms with Crippen LogP contribution < -0.4 is 0 Å². The molecule has 9 atom stereocenters. The molecule has 170 valence electrons. The summed E-state index contributed by atoms with van der Waals surface area (Å²) in [4.78, 5) is 0. The average Bonchev–Trinajstić information content (AvgIpc) is 3.21. The molecule has 0 heterocycles. The minimum Gasteiger partial charge on any atom is -0.393 e. The third kappa shape index (κ3) is 2.69. The Labute approximate surface area is 186 Å². The molecule has 0 unspecified atom stereocenters. The van der Waals surface area contributed by atoms with Crippen molar-refractivity contribution in [1.82, 2.24) is 0 Å². The van der Waals surface area contributed by atoms with Gasteiger partial charge in [-0.2, -0.15) is 0 Å². The summed E-state index contributed by atoms with van der Waals surface area (Å²) in [5.41, 5.74) is 3.48. The summed E-state index contributed by atoms with van der Waals surface area (Å²) in [5.74, 6) is 4.57. The molecule has 0 bridgehead atoms. The molecule has 5 aliphatic rings. The number of hydrogen-bond acceptors (Lipinski definition) is 1. The smallest absolute Gasteiger partial charge is 0.0594 e. The standard InChI is InChI=1S/C29H48O/c1-19(2)8-7-9-20(3)21-10-11-22-23-12-13-24-26(4,5)25(30)14-15-29(24)18-28(23,29)17-16-27(21,22)6/h8,20-25,30H,7,9-18H2,1-6H3/t20-,21-,22+,23+,24+,25+,27-,28+,29-/m1/s1. The van der Waals surface area contributed by atoms with Gasteiger partial charge in [0.25, 0.3) is 0 Å². The quantitative estimate of drug-likeness (QED) is 0.467. The predicted octanol–water partition coefficient (Wildman–Crippen LogP) is 7.78. The molecule has 0 radical (unpaired) electrons. The maximum absolute atomic E-state index is 10.8. The molecule has 1 N–H and O–H groups in total. The van der Waals surface area contributed by atoms with Gasteiger partial charge in [-0.25, -0.2) is 0 Å². The number of fused-ring (bicyclic) bond motifs is 2. The number of aliphatic hydroxyl groups is 1. The Kier molecular flexibility index (Phi) is 4.92. The van der Waals surface area contributed by atoms with Crippen LogP contribution >= 0.6 is 0 Å². The molecule has 2 spiro atoms. The summed E-state index contributed by atoms with van der Waals surface area (Å²) in [6, 6.07) is 0. The molecule has 30 heavy (non-hydrogen) atoms. The van der Waals surface area contributed by atoms with Gasteiger partial charge in [-0.05, 0) is 136 Å². The van der Waals surface area contributed by atoms with Gasteiger partial charge in [0, 0.05) is 0 Å². The zero-order valence-electron chi connectivity index (χ0n) is 20.8. The van der Waals surface area contributed by atoms with E-state index in [2.05, 4.69) is 47.6 Å². The van der Waals surface area contributed by atoms with Crippen LogP contribution in [0.3, 0.4) is 0 Å². The van der Waals surface area contributed by atoms with Crippen molar-refractivity contribution in [2.45, 2.75) is 118 Å². The summed E-state index contributed by atoms with van der Waals surface area (Å²) in [5, 5.41) is 10.8. The van der Waals surface area contributed by atoms with E-state index in [-0.39, 0.29) is 11.5 Å². The van der Waals surface area contributed by atoms with Crippen LogP contribution in [0.5, 0.6) is 0 Å². The zero-order valence-corrected chi connectivity index (χ0v) is 20.8. The Morgan fingerprint density at radius 1 is 0.933 bits per heavy atom. The lowest BCUT2D eigenvalue weighted by molar-refractivity contribution is -0.133. The van der Waals surface area contributed by atoms with E-state index in [1.165, 1.54) is 69.8 Å². The summed E-state index contributed by atoms with van der Waals surface area (Å²) < 4.78 is 0. The molecule has 1 heteroatoms. The molecule has 1 nitrogen and oxygen atoms in total. The van der Waals surface area contributed by atoms with Crippen molar-refractivity contribution >= 4 is 0 Å². The first-order valence-corrected chi connectivity index (χ1v) is 13.4. The number of aliphatic hydroxyl groups excluding tert-OH is 1. The molecule has 5 rings (SSSR count). The molecule has 0 aromatic carbocycles. The number of rotatable bonds is 4. The minimum absolute atomic E-state index is 0.0753. The van der Waals surface area contributed by atoms with Crippen LogP contribution in [-0.4, -0.2) is 11.2 Å². The van der Waals surface area contributed by atoms with E-state index in [0.29, 0.717) is 16.2 Å². The lowest BCUT2D eigenvalue weighted by Gasteiger charge is -2.59. The first kappa shape index (κ1) is 21.5. The van der Waals surface area contributed by atoms with Gasteiger partial charge in [-0.3, -0.25) is 0 Å². The Bertz CT molecular complexity index is 716. The minimum atomic E-state index is -0.0753. The van der Waals surface area contributed by atoms with E-state index in [4.69, 9.17) is 0 Å². The highest BCUT2D eigenvalue weighted by molar-refractivity contribution is 5.28. The van der Waals surface area contributed by atoms with Crippen molar-refractivity contribution < 1.29 is 5.11 Å². The van der Waals surface area contributed by atoms with Crippen molar-refractivity contribution in [3.05, 3.63) is 11.6 Å². The lowest BCUT2D eigenvalue weighted by Crippen LogP contribution is -2.54. The van der Waals surface area contributed by atoms with E-state index in [0.717, 1.165) is 36.0 Å². The van der Waals surface area contributed by atoms with Gasteiger partial charge in [0.05, 0.1) is 6.10 Å². The first-order valence-electron chi connectivity index (χ1n) is 13.4. The molecule has 5 fully saturated rings. The average molecular weight is 413 g/mol. The fraction of sp³-hybridized carbons (Fsp3) is 0.931. The van der Waals surface area contributed by atoms with Gasteiger partial charge in [0.1, 0.15) is 0 Å². The Morgan fingerprint density at radius 3 is 2.40 bits per heavy atom. The first-order chi connectivity index (χ1) is 14.1. The maximum atomic E-state index is 10.8. The summed E-state index contributed by atoms with van der Waals surface area (Å²) in [7, 11) is 0. The van der Waals surface area contributed by atoms with Crippen LogP contribution in [-0.2, 0) is 0 Å². The van der Waals surface area contributed by atoms with Crippen molar-refractivity contribution in [2.24, 2.45) is 51.2 Å². The fourth-order valence-corrected chi connectivity index (χ4v) is 10.7. The second-order valence-electron chi connectivity index (χ2n) is 13.7. The molecule has 0 aliphatic heterocycles. The lowest BCUT2D eigenvalue weighted by atomic mass is 9.46. The van der Waals surface area contributed by atoms with Crippen LogP contribution in [0.15, 0.2) is 11.6 Å². The van der Waals surface area contributed by atoms with E-state index in [1.807, 2.05) is 0 Å². The highest BCUT2D eigenvalue weighted by atomic mass is 16.3. The number of hydrogen-bond donors (Lipinski definition) is 1. The molecule has 0 aromatic heterocycles. The summed E-state index contributed by atoms with van der Waals surface area (Å²) in [6.07, 6.45) is 17.8. The second kappa shape index (κ2) is 6.85. The van der Waals surface area contributed by atoms with Crippen LogP contribution in [0.4, 0.5) is 0 Å². The van der Waals surface area contributed by atoms with Crippen LogP contribution in [0, 0.1) is 51.2 Å². The van der Waals surface area contributed by atoms with Crippen molar-refractivity contribution in [3.8, 4) is 0 Å². The summed E-state index contributed by atoms with van der Waals surface area (Å²) in [6.45, 7) is 14.6. The monoisotopic (exact) mass is 412 g/mol. The SMILES string of the molecule is CC(C)=CCC[C@@H](C)[C@H]1CC[C@H]2[C@@H]3CC[C@H]4C(C)(C)[C@@H](O)CC[C@@]45C[C@@]35CC[C@]12C. The molecule has 5 aliphatic carbocycles. The topological polar surface area (TPSA) is 20.2 Å². The third-order valence-electron chi connectivity index (χ3n) is 12.2.